The van der Waals surface area contributed by atoms with Crippen molar-refractivity contribution in [3.05, 3.63) is 11.7 Å². The van der Waals surface area contributed by atoms with E-state index >= 15 is 0 Å². The molecule has 6 heteroatoms. The van der Waals surface area contributed by atoms with Crippen LogP contribution in [0.2, 0.25) is 0 Å². The Labute approximate surface area is 99.0 Å². The number of hydrogen-bond acceptors (Lipinski definition) is 5. The Bertz CT molecular complexity index is 468. The van der Waals surface area contributed by atoms with Crippen LogP contribution in [0.25, 0.3) is 0 Å². The third-order valence-corrected chi connectivity index (χ3v) is 3.02. The lowest BCUT2D eigenvalue weighted by molar-refractivity contribution is -0.134. The molecule has 1 N–H and O–H groups in total. The fraction of sp³-hybridized carbons (Fsp3) is 0.636. The summed E-state index contributed by atoms with van der Waals surface area (Å²) in [6.07, 6.45) is 1.25. The zero-order valence-corrected chi connectivity index (χ0v) is 9.86. The lowest BCUT2D eigenvalue weighted by atomic mass is 9.63. The quantitative estimate of drug-likeness (QED) is 0.840. The summed E-state index contributed by atoms with van der Waals surface area (Å²) in [6, 6.07) is 2.11. The molecule has 0 unspecified atom stereocenters. The van der Waals surface area contributed by atoms with Crippen molar-refractivity contribution in [1.82, 2.24) is 15.5 Å². The average molecular weight is 234 g/mol. The number of rotatable bonds is 3. The highest BCUT2D eigenvalue weighted by molar-refractivity contribution is 5.86. The molecule has 1 amide bonds. The summed E-state index contributed by atoms with van der Waals surface area (Å²) >= 11 is 0. The molecule has 0 atom stereocenters. The molecule has 1 heterocycles. The minimum atomic E-state index is -0.849. The number of aryl methyl sites for hydroxylation is 1. The topological polar surface area (TPSA) is 91.8 Å². The van der Waals surface area contributed by atoms with Crippen molar-refractivity contribution in [3.63, 3.8) is 0 Å². The van der Waals surface area contributed by atoms with Gasteiger partial charge < -0.3 is 9.84 Å². The number of aromatic nitrogens is 2. The number of hydrogen-bond donors (Lipinski definition) is 1. The summed E-state index contributed by atoms with van der Waals surface area (Å²) < 4.78 is 4.79. The van der Waals surface area contributed by atoms with E-state index in [0.29, 0.717) is 30.5 Å². The fourth-order valence-corrected chi connectivity index (χ4v) is 2.20. The highest BCUT2D eigenvalue weighted by Crippen LogP contribution is 2.45. The van der Waals surface area contributed by atoms with E-state index in [2.05, 4.69) is 21.5 Å². The predicted octanol–water partition coefficient (Wildman–Crippen LogP) is 0.934. The van der Waals surface area contributed by atoms with Crippen LogP contribution in [-0.4, -0.2) is 16.0 Å². The summed E-state index contributed by atoms with van der Waals surface area (Å²) in [5, 5.41) is 15.4. The number of nitrogens with one attached hydrogen (secondary N) is 1. The highest BCUT2D eigenvalue weighted by atomic mass is 16.5. The molecule has 0 radical (unpaired) electrons. The van der Waals surface area contributed by atoms with Crippen molar-refractivity contribution < 1.29 is 9.32 Å². The Kier molecular flexibility index (Phi) is 2.84. The molecular formula is C11H14N4O2. The van der Waals surface area contributed by atoms with E-state index < -0.39 is 5.41 Å². The van der Waals surface area contributed by atoms with Crippen molar-refractivity contribution in [2.45, 2.75) is 33.2 Å². The van der Waals surface area contributed by atoms with Gasteiger partial charge in [0.25, 0.3) is 0 Å². The number of nitriles is 1. The van der Waals surface area contributed by atoms with Crippen molar-refractivity contribution in [3.8, 4) is 6.07 Å². The van der Waals surface area contributed by atoms with Crippen molar-refractivity contribution >= 4 is 5.91 Å². The molecule has 0 spiro atoms. The molecule has 0 aromatic carbocycles. The monoisotopic (exact) mass is 234 g/mol. The van der Waals surface area contributed by atoms with Gasteiger partial charge in [-0.05, 0) is 18.8 Å². The van der Waals surface area contributed by atoms with Gasteiger partial charge in [-0.1, -0.05) is 12.1 Å². The van der Waals surface area contributed by atoms with Crippen LogP contribution in [0, 0.1) is 29.6 Å². The maximum absolute atomic E-state index is 11.9. The summed E-state index contributed by atoms with van der Waals surface area (Å²) in [5.74, 6) is 1.09. The van der Waals surface area contributed by atoms with Crippen LogP contribution in [0.15, 0.2) is 4.52 Å². The maximum Gasteiger partial charge on any atom is 0.240 e. The van der Waals surface area contributed by atoms with Gasteiger partial charge >= 0.3 is 0 Å². The van der Waals surface area contributed by atoms with Gasteiger partial charge in [0.15, 0.2) is 5.82 Å². The first-order chi connectivity index (χ1) is 8.05. The second kappa shape index (κ2) is 4.17. The van der Waals surface area contributed by atoms with Gasteiger partial charge in [-0.2, -0.15) is 10.2 Å². The lowest BCUT2D eigenvalue weighted by Crippen LogP contribution is -2.47. The number of nitrogens with zero attached hydrogens (tertiary/aromatic N) is 3. The first-order valence-electron chi connectivity index (χ1n) is 5.54. The van der Waals surface area contributed by atoms with Gasteiger partial charge in [0, 0.05) is 6.92 Å². The molecule has 0 aliphatic heterocycles. The molecule has 2 rings (SSSR count). The third-order valence-electron chi connectivity index (χ3n) is 3.02. The summed E-state index contributed by atoms with van der Waals surface area (Å²) in [5.41, 5.74) is -0.849. The summed E-state index contributed by atoms with van der Waals surface area (Å²) in [6.45, 7) is 3.92. The molecule has 1 aromatic rings. The molecule has 1 fully saturated rings. The normalized spacial score (nSPS) is 27.0. The van der Waals surface area contributed by atoms with Crippen LogP contribution in [0.3, 0.4) is 0 Å². The fourth-order valence-electron chi connectivity index (χ4n) is 2.20. The lowest BCUT2D eigenvalue weighted by Gasteiger charge is -2.39. The third kappa shape index (κ3) is 2.13. The zero-order valence-electron chi connectivity index (χ0n) is 9.86. The molecule has 0 saturated heterocycles. The zero-order chi connectivity index (χ0) is 12.5. The van der Waals surface area contributed by atoms with E-state index in [4.69, 9.17) is 9.78 Å². The molecule has 1 aromatic heterocycles. The number of carbonyl (C=O) groups is 1. The molecule has 6 nitrogen and oxygen atoms in total. The van der Waals surface area contributed by atoms with Gasteiger partial charge in [0.1, 0.15) is 5.41 Å². The molecule has 1 aliphatic carbocycles. The minimum Gasteiger partial charge on any atom is -0.347 e. The molecule has 1 saturated carbocycles. The van der Waals surface area contributed by atoms with E-state index in [1.54, 1.807) is 6.92 Å². The second-order valence-electron chi connectivity index (χ2n) is 4.62. The largest absolute Gasteiger partial charge is 0.347 e. The first-order valence-corrected chi connectivity index (χ1v) is 5.54. The highest BCUT2D eigenvalue weighted by Gasteiger charge is 2.48. The van der Waals surface area contributed by atoms with Crippen LogP contribution in [0.5, 0.6) is 0 Å². The first kappa shape index (κ1) is 11.6. The molecular weight excluding hydrogens is 220 g/mol. The van der Waals surface area contributed by atoms with Crippen LogP contribution < -0.4 is 5.32 Å². The Hall–Kier alpha value is -1.90. The molecule has 90 valence electrons. The van der Waals surface area contributed by atoms with E-state index in [-0.39, 0.29) is 12.5 Å². The average Bonchev–Trinajstić information content (AvgIpc) is 2.67. The van der Waals surface area contributed by atoms with Gasteiger partial charge in [-0.15, -0.1) is 0 Å². The van der Waals surface area contributed by atoms with E-state index in [9.17, 15) is 4.79 Å². The van der Waals surface area contributed by atoms with Crippen LogP contribution >= 0.6 is 0 Å². The SMILES string of the molecule is Cc1nc(CNC(=O)C2(C#N)CC(C)C2)no1. The Balaban J connectivity index is 1.92. The molecule has 0 bridgehead atoms. The smallest absolute Gasteiger partial charge is 0.240 e. The van der Waals surface area contributed by atoms with Gasteiger partial charge in [-0.25, -0.2) is 0 Å². The van der Waals surface area contributed by atoms with E-state index in [1.807, 2.05) is 6.92 Å². The van der Waals surface area contributed by atoms with Crippen LogP contribution in [0.4, 0.5) is 0 Å². The Morgan fingerprint density at radius 3 is 2.88 bits per heavy atom. The van der Waals surface area contributed by atoms with Crippen molar-refractivity contribution in [2.75, 3.05) is 0 Å². The maximum atomic E-state index is 11.9. The molecule has 17 heavy (non-hydrogen) atoms. The van der Waals surface area contributed by atoms with Crippen molar-refractivity contribution in [2.24, 2.45) is 11.3 Å². The van der Waals surface area contributed by atoms with Crippen LogP contribution in [-0.2, 0) is 11.3 Å². The predicted molar refractivity (Wildman–Crippen MR) is 57.3 cm³/mol. The minimum absolute atomic E-state index is 0.202. The van der Waals surface area contributed by atoms with Gasteiger partial charge in [0.05, 0.1) is 12.6 Å². The van der Waals surface area contributed by atoms with Gasteiger partial charge in [0.2, 0.25) is 11.8 Å². The standard InChI is InChI=1S/C11H14N4O2/c1-7-3-11(4-7,6-12)10(16)13-5-9-14-8(2)17-15-9/h7H,3-5H2,1-2H3,(H,13,16). The molecule has 1 aliphatic rings. The number of amides is 1. The second-order valence-corrected chi connectivity index (χ2v) is 4.62. The van der Waals surface area contributed by atoms with Crippen molar-refractivity contribution in [1.29, 1.82) is 5.26 Å². The Morgan fingerprint density at radius 2 is 2.41 bits per heavy atom. The Morgan fingerprint density at radius 1 is 1.71 bits per heavy atom. The summed E-state index contributed by atoms with van der Waals surface area (Å²) in [7, 11) is 0. The van der Waals surface area contributed by atoms with E-state index in [0.717, 1.165) is 0 Å². The van der Waals surface area contributed by atoms with Crippen LogP contribution in [0.1, 0.15) is 31.5 Å². The summed E-state index contributed by atoms with van der Waals surface area (Å²) in [4.78, 5) is 15.9. The van der Waals surface area contributed by atoms with Gasteiger partial charge in [-0.3, -0.25) is 4.79 Å². The number of carbonyl (C=O) groups excluding carboxylic acids is 1. The van der Waals surface area contributed by atoms with E-state index in [1.165, 1.54) is 0 Å².